The van der Waals surface area contributed by atoms with Crippen LogP contribution >= 0.6 is 15.9 Å². The summed E-state index contributed by atoms with van der Waals surface area (Å²) < 4.78 is 39.7. The lowest BCUT2D eigenvalue weighted by Gasteiger charge is -2.19. The number of carbonyl (C=O) groups excluding carboxylic acids is 1. The summed E-state index contributed by atoms with van der Waals surface area (Å²) in [6.07, 6.45) is -0.202. The van der Waals surface area contributed by atoms with Crippen LogP contribution in [0, 0.1) is 6.92 Å². The van der Waals surface area contributed by atoms with Crippen molar-refractivity contribution in [3.8, 4) is 0 Å². The van der Waals surface area contributed by atoms with Gasteiger partial charge in [-0.3, -0.25) is 9.78 Å². The molecule has 1 aliphatic rings. The first kappa shape index (κ1) is 23.3. The van der Waals surface area contributed by atoms with Crippen LogP contribution in [-0.2, 0) is 6.18 Å². The summed E-state index contributed by atoms with van der Waals surface area (Å²) >= 11 is 3.44. The van der Waals surface area contributed by atoms with Gasteiger partial charge in [-0.1, -0.05) is 6.07 Å². The molecule has 0 spiro atoms. The first-order chi connectivity index (χ1) is 16.7. The first-order valence-corrected chi connectivity index (χ1v) is 11.7. The third-order valence-electron chi connectivity index (χ3n) is 6.16. The molecule has 180 valence electrons. The quantitative estimate of drug-likeness (QED) is 0.344. The molecule has 7 nitrogen and oxygen atoms in total. The number of nitrogens with one attached hydrogen (secondary N) is 2. The van der Waals surface area contributed by atoms with Crippen LogP contribution in [0.2, 0.25) is 0 Å². The lowest BCUT2D eigenvalue weighted by atomic mass is 9.92. The molecule has 3 aromatic heterocycles. The van der Waals surface area contributed by atoms with Crippen molar-refractivity contribution in [2.75, 3.05) is 23.3 Å². The summed E-state index contributed by atoms with van der Waals surface area (Å²) in [4.78, 5) is 30.7. The number of benzene rings is 1. The molecular formula is C24H20BrF3N6O. The van der Waals surface area contributed by atoms with Crippen LogP contribution in [0.5, 0.6) is 0 Å². The highest BCUT2D eigenvalue weighted by Gasteiger charge is 2.31. The van der Waals surface area contributed by atoms with Gasteiger partial charge in [0.1, 0.15) is 11.8 Å². The van der Waals surface area contributed by atoms with Crippen molar-refractivity contribution in [1.82, 2.24) is 19.9 Å². The Kier molecular flexibility index (Phi) is 5.96. The summed E-state index contributed by atoms with van der Waals surface area (Å²) in [6.45, 7) is 3.49. The normalized spacial score (nSPS) is 16.1. The summed E-state index contributed by atoms with van der Waals surface area (Å²) in [5.74, 6) is 0.504. The minimum Gasteiger partial charge on any atom is -0.354 e. The van der Waals surface area contributed by atoms with Gasteiger partial charge in [0.2, 0.25) is 0 Å². The van der Waals surface area contributed by atoms with Crippen LogP contribution in [0.4, 0.5) is 24.7 Å². The maximum absolute atomic E-state index is 13.0. The number of hydrogen-bond donors (Lipinski definition) is 2. The van der Waals surface area contributed by atoms with Gasteiger partial charge < -0.3 is 15.2 Å². The van der Waals surface area contributed by atoms with Crippen molar-refractivity contribution < 1.29 is 18.0 Å². The van der Waals surface area contributed by atoms with E-state index in [9.17, 15) is 18.0 Å². The molecule has 4 heterocycles. The molecule has 1 fully saturated rings. The number of aromatic nitrogens is 4. The number of aryl methyl sites for hydroxylation is 1. The lowest BCUT2D eigenvalue weighted by Crippen LogP contribution is -2.21. The number of aromatic amines is 1. The summed E-state index contributed by atoms with van der Waals surface area (Å²) in [6, 6.07) is 8.13. The van der Waals surface area contributed by atoms with Gasteiger partial charge in [-0.15, -0.1) is 0 Å². The van der Waals surface area contributed by atoms with E-state index in [0.717, 1.165) is 57.8 Å². The van der Waals surface area contributed by atoms with Crippen molar-refractivity contribution >= 4 is 44.4 Å². The number of rotatable bonds is 4. The number of alkyl halides is 3. The Bertz CT molecular complexity index is 1420. The highest BCUT2D eigenvalue weighted by Crippen LogP contribution is 2.35. The molecule has 1 aromatic carbocycles. The molecule has 11 heteroatoms. The molecule has 1 amide bonds. The number of carbonyl (C=O) groups is 1. The van der Waals surface area contributed by atoms with Gasteiger partial charge in [0, 0.05) is 30.8 Å². The number of H-pyrrole nitrogens is 1. The van der Waals surface area contributed by atoms with E-state index in [4.69, 9.17) is 0 Å². The molecule has 35 heavy (non-hydrogen) atoms. The summed E-state index contributed by atoms with van der Waals surface area (Å²) in [5.41, 5.74) is 3.20. The fraction of sp³-hybridized carbons (Fsp3) is 0.250. The second kappa shape index (κ2) is 8.95. The highest BCUT2D eigenvalue weighted by atomic mass is 79.9. The molecule has 2 N–H and O–H groups in total. The van der Waals surface area contributed by atoms with Crippen molar-refractivity contribution in [3.63, 3.8) is 0 Å². The van der Waals surface area contributed by atoms with Crippen LogP contribution in [0.1, 0.15) is 39.4 Å². The number of fused-ring (bicyclic) bond motifs is 1. The fourth-order valence-corrected chi connectivity index (χ4v) is 4.84. The third kappa shape index (κ3) is 4.72. The largest absolute Gasteiger partial charge is 0.417 e. The lowest BCUT2D eigenvalue weighted by molar-refractivity contribution is -0.137. The Morgan fingerprint density at radius 2 is 2.03 bits per heavy atom. The minimum atomic E-state index is -4.54. The molecule has 0 aliphatic carbocycles. The molecule has 0 unspecified atom stereocenters. The molecule has 1 saturated heterocycles. The van der Waals surface area contributed by atoms with E-state index in [1.165, 1.54) is 6.20 Å². The molecule has 1 aliphatic heterocycles. The maximum Gasteiger partial charge on any atom is 0.417 e. The first-order valence-electron chi connectivity index (χ1n) is 10.9. The average molecular weight is 545 g/mol. The topological polar surface area (TPSA) is 86.8 Å². The molecule has 0 saturated carbocycles. The van der Waals surface area contributed by atoms with E-state index in [1.54, 1.807) is 12.4 Å². The van der Waals surface area contributed by atoms with Crippen molar-refractivity contribution in [1.29, 1.82) is 0 Å². The van der Waals surface area contributed by atoms with Crippen LogP contribution in [0.25, 0.3) is 11.0 Å². The fourth-order valence-electron chi connectivity index (χ4n) is 4.43. The number of hydrogen-bond acceptors (Lipinski definition) is 5. The number of anilines is 2. The van der Waals surface area contributed by atoms with Gasteiger partial charge in [-0.25, -0.2) is 9.97 Å². The molecule has 5 rings (SSSR count). The molecule has 1 atom stereocenters. The van der Waals surface area contributed by atoms with Gasteiger partial charge in [-0.05, 0) is 64.7 Å². The monoisotopic (exact) mass is 544 g/mol. The zero-order chi connectivity index (χ0) is 24.7. The Hall–Kier alpha value is -3.47. The van der Waals surface area contributed by atoms with E-state index in [0.29, 0.717) is 12.1 Å². The molecule has 0 bridgehead atoms. The molecule has 4 aromatic rings. The standard InChI is InChI=1S/C24H20BrF3N6O/c1-13-2-3-14(23(35)32-17-7-16(9-29-10-17)24(26,27)28)6-18(13)15-4-5-34(11-15)22-21-19(30-12-31-22)8-20(25)33-21/h2-3,6-10,12,15,33H,4-5,11H2,1H3,(H,32,35)/t15-/m1/s1. The number of pyridine rings is 1. The van der Waals surface area contributed by atoms with Gasteiger partial charge in [0.15, 0.2) is 5.82 Å². The molecule has 0 radical (unpaired) electrons. The van der Waals surface area contributed by atoms with Crippen molar-refractivity contribution in [2.24, 2.45) is 0 Å². The Morgan fingerprint density at radius 1 is 1.20 bits per heavy atom. The second-order valence-corrected chi connectivity index (χ2v) is 9.35. The van der Waals surface area contributed by atoms with Crippen molar-refractivity contribution in [3.05, 3.63) is 75.9 Å². The summed E-state index contributed by atoms with van der Waals surface area (Å²) in [5, 5.41) is 2.53. The van der Waals surface area contributed by atoms with Gasteiger partial charge in [0.05, 0.1) is 27.6 Å². The van der Waals surface area contributed by atoms with Gasteiger partial charge >= 0.3 is 6.18 Å². The van der Waals surface area contributed by atoms with E-state index < -0.39 is 17.6 Å². The number of halogens is 4. The number of nitrogens with zero attached hydrogens (tertiary/aromatic N) is 4. The number of amides is 1. The van der Waals surface area contributed by atoms with Gasteiger partial charge in [-0.2, -0.15) is 13.2 Å². The van der Waals surface area contributed by atoms with E-state index in [1.807, 2.05) is 25.1 Å². The van der Waals surface area contributed by atoms with Crippen LogP contribution in [0.15, 0.2) is 53.7 Å². The Labute approximate surface area is 206 Å². The zero-order valence-electron chi connectivity index (χ0n) is 18.5. The third-order valence-corrected chi connectivity index (χ3v) is 6.58. The highest BCUT2D eigenvalue weighted by molar-refractivity contribution is 9.10. The zero-order valence-corrected chi connectivity index (χ0v) is 20.1. The second-order valence-electron chi connectivity index (χ2n) is 8.49. The van der Waals surface area contributed by atoms with Crippen molar-refractivity contribution in [2.45, 2.75) is 25.4 Å². The van der Waals surface area contributed by atoms with E-state index in [2.05, 4.69) is 46.1 Å². The maximum atomic E-state index is 13.0. The summed E-state index contributed by atoms with van der Waals surface area (Å²) in [7, 11) is 0. The predicted molar refractivity (Wildman–Crippen MR) is 130 cm³/mol. The van der Waals surface area contributed by atoms with E-state index in [-0.39, 0.29) is 11.6 Å². The predicted octanol–water partition coefficient (Wildman–Crippen LogP) is 5.69. The SMILES string of the molecule is Cc1ccc(C(=O)Nc2cncc(C(F)(F)F)c2)cc1[C@@H]1CCN(c2ncnc3cc(Br)[nH]c23)C1. The Morgan fingerprint density at radius 3 is 2.83 bits per heavy atom. The molecular weight excluding hydrogens is 525 g/mol. The minimum absolute atomic E-state index is 0.0103. The smallest absolute Gasteiger partial charge is 0.354 e. The Balaban J connectivity index is 1.36. The van der Waals surface area contributed by atoms with Crippen LogP contribution < -0.4 is 10.2 Å². The van der Waals surface area contributed by atoms with Crippen LogP contribution in [-0.4, -0.2) is 38.9 Å². The van der Waals surface area contributed by atoms with Gasteiger partial charge in [0.25, 0.3) is 5.91 Å². The van der Waals surface area contributed by atoms with E-state index >= 15 is 0 Å². The van der Waals surface area contributed by atoms with Crippen LogP contribution in [0.3, 0.4) is 0 Å². The average Bonchev–Trinajstić information content (AvgIpc) is 3.45.